The Balaban J connectivity index is 1.49. The van der Waals surface area contributed by atoms with E-state index in [0.717, 1.165) is 28.9 Å². The molecular formula is C19H23N5O3. The summed E-state index contributed by atoms with van der Waals surface area (Å²) in [4.78, 5) is 16.4. The number of amides is 1. The van der Waals surface area contributed by atoms with Gasteiger partial charge in [-0.25, -0.2) is 0 Å². The van der Waals surface area contributed by atoms with Crippen molar-refractivity contribution >= 4 is 5.91 Å². The maximum Gasteiger partial charge on any atom is 0.227 e. The summed E-state index contributed by atoms with van der Waals surface area (Å²) in [7, 11) is 1.59. The molecule has 0 aliphatic carbocycles. The minimum atomic E-state index is -0.0501. The lowest BCUT2D eigenvalue weighted by atomic mass is 10.1. The monoisotopic (exact) mass is 369 g/mol. The number of nitrogens with one attached hydrogen (secondary N) is 2. The van der Waals surface area contributed by atoms with Crippen LogP contribution in [-0.2, 0) is 17.6 Å². The summed E-state index contributed by atoms with van der Waals surface area (Å²) in [6.45, 7) is 4.50. The number of ether oxygens (including phenoxy) is 1. The Morgan fingerprint density at radius 3 is 2.81 bits per heavy atom. The van der Waals surface area contributed by atoms with E-state index in [0.29, 0.717) is 30.4 Å². The molecule has 0 spiro atoms. The fourth-order valence-corrected chi connectivity index (χ4v) is 2.87. The van der Waals surface area contributed by atoms with Crippen LogP contribution < -0.4 is 10.1 Å². The number of aryl methyl sites for hydroxylation is 3. The lowest BCUT2D eigenvalue weighted by Gasteiger charge is -2.04. The highest BCUT2D eigenvalue weighted by Gasteiger charge is 2.14. The number of rotatable bonds is 8. The topological polar surface area (TPSA) is 106 Å². The van der Waals surface area contributed by atoms with Crippen molar-refractivity contribution in [3.8, 4) is 17.1 Å². The fraction of sp³-hybridized carbons (Fsp3) is 0.368. The minimum Gasteiger partial charge on any atom is -0.496 e. The molecule has 3 aromatic rings. The third-order valence-corrected chi connectivity index (χ3v) is 4.36. The number of hydrogen-bond acceptors (Lipinski definition) is 6. The second-order valence-electron chi connectivity index (χ2n) is 6.22. The molecule has 0 saturated carbocycles. The average Bonchev–Trinajstić information content (AvgIpc) is 3.28. The van der Waals surface area contributed by atoms with Gasteiger partial charge in [-0.05, 0) is 38.0 Å². The fourth-order valence-electron chi connectivity index (χ4n) is 2.87. The Labute approximate surface area is 157 Å². The van der Waals surface area contributed by atoms with E-state index >= 15 is 0 Å². The molecule has 1 amide bonds. The van der Waals surface area contributed by atoms with Gasteiger partial charge in [0.1, 0.15) is 5.75 Å². The number of H-pyrrole nitrogens is 1. The number of carbonyl (C=O) groups is 1. The number of nitrogens with zero attached hydrogens (tertiary/aromatic N) is 3. The second-order valence-corrected chi connectivity index (χ2v) is 6.22. The molecule has 0 saturated heterocycles. The van der Waals surface area contributed by atoms with Gasteiger partial charge in [-0.1, -0.05) is 17.3 Å². The van der Waals surface area contributed by atoms with E-state index < -0.39 is 0 Å². The van der Waals surface area contributed by atoms with Crippen molar-refractivity contribution in [1.82, 2.24) is 25.7 Å². The van der Waals surface area contributed by atoms with Crippen molar-refractivity contribution in [3.63, 3.8) is 0 Å². The van der Waals surface area contributed by atoms with Gasteiger partial charge in [0.15, 0.2) is 0 Å². The quantitative estimate of drug-likeness (QED) is 0.631. The zero-order valence-corrected chi connectivity index (χ0v) is 15.7. The van der Waals surface area contributed by atoms with Crippen LogP contribution in [0.5, 0.6) is 5.75 Å². The van der Waals surface area contributed by atoms with E-state index in [9.17, 15) is 4.79 Å². The molecule has 1 aromatic carbocycles. The van der Waals surface area contributed by atoms with Crippen LogP contribution in [0.4, 0.5) is 0 Å². The van der Waals surface area contributed by atoms with Crippen LogP contribution in [0, 0.1) is 13.8 Å². The smallest absolute Gasteiger partial charge is 0.227 e. The van der Waals surface area contributed by atoms with Crippen molar-refractivity contribution in [2.45, 2.75) is 33.1 Å². The molecule has 0 aliphatic rings. The third-order valence-electron chi connectivity index (χ3n) is 4.36. The molecule has 2 heterocycles. The Morgan fingerprint density at radius 2 is 2.07 bits per heavy atom. The average molecular weight is 369 g/mol. The summed E-state index contributed by atoms with van der Waals surface area (Å²) in [5.41, 5.74) is 3.91. The molecule has 0 fully saturated rings. The van der Waals surface area contributed by atoms with E-state index in [2.05, 4.69) is 25.7 Å². The molecule has 3 rings (SSSR count). The number of aromatic amines is 1. The van der Waals surface area contributed by atoms with E-state index in [1.54, 1.807) is 7.11 Å². The molecular weight excluding hydrogens is 346 g/mol. The normalized spacial score (nSPS) is 10.8. The van der Waals surface area contributed by atoms with Crippen LogP contribution in [0.1, 0.15) is 29.3 Å². The zero-order valence-electron chi connectivity index (χ0n) is 15.7. The first kappa shape index (κ1) is 18.6. The van der Waals surface area contributed by atoms with Crippen molar-refractivity contribution in [3.05, 3.63) is 47.1 Å². The van der Waals surface area contributed by atoms with Crippen LogP contribution in [0.25, 0.3) is 11.4 Å². The minimum absolute atomic E-state index is 0.0501. The van der Waals surface area contributed by atoms with E-state index in [4.69, 9.17) is 9.26 Å². The lowest BCUT2D eigenvalue weighted by molar-refractivity contribution is -0.121. The molecule has 2 aromatic heterocycles. The van der Waals surface area contributed by atoms with E-state index in [1.807, 2.05) is 38.1 Å². The number of para-hydroxylation sites is 1. The Bertz CT molecular complexity index is 896. The summed E-state index contributed by atoms with van der Waals surface area (Å²) in [6, 6.07) is 7.45. The van der Waals surface area contributed by atoms with Gasteiger partial charge in [-0.3, -0.25) is 9.89 Å². The van der Waals surface area contributed by atoms with E-state index in [-0.39, 0.29) is 12.3 Å². The van der Waals surface area contributed by atoms with Gasteiger partial charge in [0.2, 0.25) is 17.6 Å². The second kappa shape index (κ2) is 8.48. The third kappa shape index (κ3) is 4.52. The summed E-state index contributed by atoms with van der Waals surface area (Å²) in [6.07, 6.45) is 1.42. The molecule has 0 aliphatic heterocycles. The van der Waals surface area contributed by atoms with Gasteiger partial charge in [-0.15, -0.1) is 0 Å². The highest BCUT2D eigenvalue weighted by Crippen LogP contribution is 2.27. The summed E-state index contributed by atoms with van der Waals surface area (Å²) < 4.78 is 10.6. The predicted octanol–water partition coefficient (Wildman–Crippen LogP) is 2.38. The molecule has 0 radical (unpaired) electrons. The zero-order chi connectivity index (χ0) is 19.2. The standard InChI is InChI=1S/C19H23N5O3/c1-12-14(13(2)23-22-12)10-11-20-17(25)8-9-18-21-19(24-27-18)15-6-4-5-7-16(15)26-3/h4-7H,8-11H2,1-3H3,(H,20,25)(H,22,23). The van der Waals surface area contributed by atoms with Gasteiger partial charge in [0.25, 0.3) is 0 Å². The van der Waals surface area contributed by atoms with Crippen molar-refractivity contribution in [2.24, 2.45) is 0 Å². The maximum atomic E-state index is 12.0. The number of methoxy groups -OCH3 is 1. The first-order chi connectivity index (χ1) is 13.1. The molecule has 27 heavy (non-hydrogen) atoms. The summed E-state index contributed by atoms with van der Waals surface area (Å²) >= 11 is 0. The van der Waals surface area contributed by atoms with Crippen LogP contribution in [0.3, 0.4) is 0 Å². The number of hydrogen-bond donors (Lipinski definition) is 2. The van der Waals surface area contributed by atoms with Crippen molar-refractivity contribution in [2.75, 3.05) is 13.7 Å². The van der Waals surface area contributed by atoms with Crippen molar-refractivity contribution < 1.29 is 14.1 Å². The van der Waals surface area contributed by atoms with Crippen LogP contribution in [0.2, 0.25) is 0 Å². The molecule has 0 atom stereocenters. The Hall–Kier alpha value is -3.16. The SMILES string of the molecule is COc1ccccc1-c1noc(CCC(=O)NCCc2c(C)n[nH]c2C)n1. The molecule has 8 nitrogen and oxygen atoms in total. The van der Waals surface area contributed by atoms with Gasteiger partial charge in [-0.2, -0.15) is 10.1 Å². The van der Waals surface area contributed by atoms with Crippen molar-refractivity contribution in [1.29, 1.82) is 0 Å². The molecule has 0 bridgehead atoms. The first-order valence-electron chi connectivity index (χ1n) is 8.81. The van der Waals surface area contributed by atoms with Gasteiger partial charge >= 0.3 is 0 Å². The summed E-state index contributed by atoms with van der Waals surface area (Å²) in [5.74, 6) is 1.50. The van der Waals surface area contributed by atoms with Crippen LogP contribution >= 0.6 is 0 Å². The lowest BCUT2D eigenvalue weighted by Crippen LogP contribution is -2.26. The van der Waals surface area contributed by atoms with E-state index in [1.165, 1.54) is 0 Å². The Morgan fingerprint density at radius 1 is 1.26 bits per heavy atom. The predicted molar refractivity (Wildman–Crippen MR) is 99.4 cm³/mol. The highest BCUT2D eigenvalue weighted by atomic mass is 16.5. The molecule has 2 N–H and O–H groups in total. The largest absolute Gasteiger partial charge is 0.496 e. The Kier molecular flexibility index (Phi) is 5.85. The first-order valence-corrected chi connectivity index (χ1v) is 8.81. The van der Waals surface area contributed by atoms with Crippen LogP contribution in [0.15, 0.2) is 28.8 Å². The molecule has 142 valence electrons. The highest BCUT2D eigenvalue weighted by molar-refractivity contribution is 5.76. The number of carbonyl (C=O) groups excluding carboxylic acids is 1. The van der Waals surface area contributed by atoms with Gasteiger partial charge in [0, 0.05) is 25.1 Å². The maximum absolute atomic E-state index is 12.0. The van der Waals surface area contributed by atoms with Gasteiger partial charge < -0.3 is 14.6 Å². The van der Waals surface area contributed by atoms with Crippen LogP contribution in [-0.4, -0.2) is 39.9 Å². The number of aromatic nitrogens is 4. The van der Waals surface area contributed by atoms with Gasteiger partial charge in [0.05, 0.1) is 18.4 Å². The summed E-state index contributed by atoms with van der Waals surface area (Å²) in [5, 5.41) is 14.0. The number of benzene rings is 1. The molecule has 0 unspecified atom stereocenters. The molecule has 8 heteroatoms.